The first-order chi connectivity index (χ1) is 12.1. The van der Waals surface area contributed by atoms with E-state index in [0.29, 0.717) is 17.8 Å². The van der Waals surface area contributed by atoms with Crippen LogP contribution in [-0.4, -0.2) is 57.1 Å². The molecule has 1 aliphatic rings. The summed E-state index contributed by atoms with van der Waals surface area (Å²) in [5, 5.41) is 9.52. The second-order valence-corrected chi connectivity index (χ2v) is 7.81. The average molecular weight is 369 g/mol. The number of nitrogens with zero attached hydrogens (tertiary/aromatic N) is 4. The monoisotopic (exact) mass is 368 g/mol. The van der Waals surface area contributed by atoms with E-state index in [0.717, 1.165) is 56.2 Å². The highest BCUT2D eigenvalue weighted by atomic mass is 32.2. The molecule has 0 N–H and O–H groups in total. The number of rotatable bonds is 9. The number of aryl methyl sites for hydroxylation is 1. The quantitative estimate of drug-likeness (QED) is 0.495. The summed E-state index contributed by atoms with van der Waals surface area (Å²) < 4.78 is 7.32. The number of ether oxygens (including phenoxy) is 1. The summed E-state index contributed by atoms with van der Waals surface area (Å²) in [6.07, 6.45) is 6.30. The predicted molar refractivity (Wildman–Crippen MR) is 101 cm³/mol. The maximum atomic E-state index is 12.7. The number of thioether (sulfide) groups is 1. The summed E-state index contributed by atoms with van der Waals surface area (Å²) in [6.45, 7) is 8.01. The zero-order valence-corrected chi connectivity index (χ0v) is 16.8. The Labute approximate surface area is 155 Å². The minimum Gasteiger partial charge on any atom is -0.385 e. The Morgan fingerprint density at radius 2 is 2.00 bits per heavy atom. The lowest BCUT2D eigenvalue weighted by atomic mass is 9.98. The van der Waals surface area contributed by atoms with Gasteiger partial charge in [-0.05, 0) is 46.0 Å². The Morgan fingerprint density at radius 1 is 1.28 bits per heavy atom. The summed E-state index contributed by atoms with van der Waals surface area (Å²) >= 11 is 1.51. The number of likely N-dealkylation sites (tertiary alicyclic amines) is 1. The number of carbonyl (C=O) groups is 1. The van der Waals surface area contributed by atoms with E-state index in [1.54, 1.807) is 7.11 Å². The smallest absolute Gasteiger partial charge is 0.233 e. The van der Waals surface area contributed by atoms with Crippen LogP contribution >= 0.6 is 11.8 Å². The largest absolute Gasteiger partial charge is 0.385 e. The Hall–Kier alpha value is -1.08. The molecule has 0 spiro atoms. The molecule has 142 valence electrons. The summed E-state index contributed by atoms with van der Waals surface area (Å²) in [4.78, 5) is 14.8. The van der Waals surface area contributed by atoms with Crippen LogP contribution in [0.25, 0.3) is 0 Å². The molecule has 1 saturated heterocycles. The fourth-order valence-corrected chi connectivity index (χ4v) is 4.39. The first kappa shape index (κ1) is 20.2. The molecule has 1 aromatic rings. The molecule has 1 aliphatic heterocycles. The lowest BCUT2D eigenvalue weighted by molar-refractivity contribution is -0.134. The Bertz CT molecular complexity index is 539. The molecule has 25 heavy (non-hydrogen) atoms. The highest BCUT2D eigenvalue weighted by molar-refractivity contribution is 7.99. The normalized spacial score (nSPS) is 20.9. The number of aromatic nitrogens is 3. The number of piperidine rings is 1. The first-order valence-electron chi connectivity index (χ1n) is 9.43. The van der Waals surface area contributed by atoms with Gasteiger partial charge in [0.1, 0.15) is 5.82 Å². The van der Waals surface area contributed by atoms with Crippen molar-refractivity contribution in [3.05, 3.63) is 5.82 Å². The molecule has 0 bridgehead atoms. The molecule has 2 rings (SSSR count). The van der Waals surface area contributed by atoms with E-state index in [-0.39, 0.29) is 5.91 Å². The molecule has 1 amide bonds. The van der Waals surface area contributed by atoms with Crippen LogP contribution in [0.3, 0.4) is 0 Å². The Balaban J connectivity index is 2.00. The van der Waals surface area contributed by atoms with Crippen LogP contribution in [0.5, 0.6) is 0 Å². The van der Waals surface area contributed by atoms with Crippen molar-refractivity contribution in [3.63, 3.8) is 0 Å². The fraction of sp³-hybridized carbons (Fsp3) is 0.833. The van der Waals surface area contributed by atoms with Gasteiger partial charge in [-0.1, -0.05) is 18.7 Å². The van der Waals surface area contributed by atoms with Crippen LogP contribution in [0.1, 0.15) is 58.7 Å². The van der Waals surface area contributed by atoms with Crippen LogP contribution in [0.4, 0.5) is 0 Å². The number of methoxy groups -OCH3 is 1. The SMILES string of the molecule is CCCc1nnc(SCC(=O)N2[C@H](C)CCC[C@H]2C)n1CCCOC. The number of carbonyl (C=O) groups excluding carboxylic acids is 1. The molecule has 1 fully saturated rings. The maximum Gasteiger partial charge on any atom is 0.233 e. The molecule has 7 heteroatoms. The van der Waals surface area contributed by atoms with Gasteiger partial charge in [-0.2, -0.15) is 0 Å². The molecule has 2 atom stereocenters. The maximum absolute atomic E-state index is 12.7. The van der Waals surface area contributed by atoms with E-state index in [2.05, 4.69) is 40.4 Å². The molecular weight excluding hydrogens is 336 g/mol. The summed E-state index contributed by atoms with van der Waals surface area (Å²) in [5.74, 6) is 1.66. The predicted octanol–water partition coefficient (Wildman–Crippen LogP) is 3.15. The summed E-state index contributed by atoms with van der Waals surface area (Å²) in [5.41, 5.74) is 0. The lowest BCUT2D eigenvalue weighted by Gasteiger charge is -2.39. The minimum atomic E-state index is 0.216. The second-order valence-electron chi connectivity index (χ2n) is 6.87. The number of amides is 1. The van der Waals surface area contributed by atoms with E-state index < -0.39 is 0 Å². The van der Waals surface area contributed by atoms with Crippen molar-refractivity contribution in [3.8, 4) is 0 Å². The standard InChI is InChI=1S/C18H32N4O2S/c1-5-8-16-19-20-18(21(16)11-7-12-24-4)25-13-17(23)22-14(2)9-6-10-15(22)3/h14-15H,5-13H2,1-4H3/t14-,15-/m1/s1. The second kappa shape index (κ2) is 10.2. The van der Waals surface area contributed by atoms with E-state index in [9.17, 15) is 4.79 Å². The Morgan fingerprint density at radius 3 is 2.64 bits per heavy atom. The fourth-order valence-electron chi connectivity index (χ4n) is 3.54. The van der Waals surface area contributed by atoms with Crippen molar-refractivity contribution < 1.29 is 9.53 Å². The van der Waals surface area contributed by atoms with Crippen molar-refractivity contribution in [1.29, 1.82) is 0 Å². The van der Waals surface area contributed by atoms with E-state index in [1.165, 1.54) is 18.2 Å². The lowest BCUT2D eigenvalue weighted by Crippen LogP contribution is -2.48. The van der Waals surface area contributed by atoms with Crippen molar-refractivity contribution in [1.82, 2.24) is 19.7 Å². The van der Waals surface area contributed by atoms with E-state index >= 15 is 0 Å². The molecule has 1 aromatic heterocycles. The van der Waals surface area contributed by atoms with Gasteiger partial charge < -0.3 is 14.2 Å². The van der Waals surface area contributed by atoms with E-state index in [4.69, 9.17) is 4.74 Å². The van der Waals surface area contributed by atoms with Gasteiger partial charge >= 0.3 is 0 Å². The van der Waals surface area contributed by atoms with Crippen LogP contribution in [0, 0.1) is 0 Å². The van der Waals surface area contributed by atoms with Crippen molar-refractivity contribution in [2.24, 2.45) is 0 Å². The van der Waals surface area contributed by atoms with Gasteiger partial charge in [0.25, 0.3) is 0 Å². The minimum absolute atomic E-state index is 0.216. The third-order valence-electron chi connectivity index (χ3n) is 4.80. The third kappa shape index (κ3) is 5.45. The molecule has 0 saturated carbocycles. The number of hydrogen-bond acceptors (Lipinski definition) is 5. The molecule has 2 heterocycles. The van der Waals surface area contributed by atoms with Gasteiger partial charge in [0.05, 0.1) is 5.75 Å². The van der Waals surface area contributed by atoms with Crippen molar-refractivity contribution in [2.45, 2.75) is 83.1 Å². The van der Waals surface area contributed by atoms with Gasteiger partial charge in [0, 0.05) is 38.8 Å². The van der Waals surface area contributed by atoms with E-state index in [1.807, 2.05) is 0 Å². The van der Waals surface area contributed by atoms with Gasteiger partial charge in [-0.3, -0.25) is 4.79 Å². The Kier molecular flexibility index (Phi) is 8.22. The van der Waals surface area contributed by atoms with Gasteiger partial charge in [0.2, 0.25) is 5.91 Å². The van der Waals surface area contributed by atoms with Crippen molar-refractivity contribution in [2.75, 3.05) is 19.5 Å². The molecule has 0 aliphatic carbocycles. The van der Waals surface area contributed by atoms with Gasteiger partial charge in [-0.25, -0.2) is 0 Å². The van der Waals surface area contributed by atoms with Crippen LogP contribution in [0.15, 0.2) is 5.16 Å². The summed E-state index contributed by atoms with van der Waals surface area (Å²) in [6, 6.07) is 0.680. The molecular formula is C18H32N4O2S. The van der Waals surface area contributed by atoms with Crippen LogP contribution in [0.2, 0.25) is 0 Å². The summed E-state index contributed by atoms with van der Waals surface area (Å²) in [7, 11) is 1.72. The highest BCUT2D eigenvalue weighted by Gasteiger charge is 2.29. The highest BCUT2D eigenvalue weighted by Crippen LogP contribution is 2.25. The molecule has 0 radical (unpaired) electrons. The topological polar surface area (TPSA) is 60.2 Å². The van der Waals surface area contributed by atoms with Crippen molar-refractivity contribution >= 4 is 17.7 Å². The number of hydrogen-bond donors (Lipinski definition) is 0. The molecule has 0 aromatic carbocycles. The third-order valence-corrected chi connectivity index (χ3v) is 5.76. The zero-order chi connectivity index (χ0) is 18.2. The van der Waals surface area contributed by atoms with Gasteiger partial charge in [0.15, 0.2) is 5.16 Å². The van der Waals surface area contributed by atoms with Crippen LogP contribution in [-0.2, 0) is 22.5 Å². The van der Waals surface area contributed by atoms with Gasteiger partial charge in [-0.15, -0.1) is 10.2 Å². The van der Waals surface area contributed by atoms with Crippen LogP contribution < -0.4 is 0 Å². The molecule has 0 unspecified atom stereocenters. The average Bonchev–Trinajstić information content (AvgIpc) is 2.95. The first-order valence-corrected chi connectivity index (χ1v) is 10.4. The molecule has 6 nitrogen and oxygen atoms in total. The zero-order valence-electron chi connectivity index (χ0n) is 16.0.